The van der Waals surface area contributed by atoms with Crippen molar-refractivity contribution in [1.29, 1.82) is 0 Å². The number of carbonyl (C=O) groups excluding carboxylic acids is 2. The number of hydrogen-bond donors (Lipinski definition) is 2. The summed E-state index contributed by atoms with van der Waals surface area (Å²) in [5, 5.41) is 20.2. The lowest BCUT2D eigenvalue weighted by molar-refractivity contribution is -0.384. The number of nitro benzene ring substituents is 1. The first-order valence-electron chi connectivity index (χ1n) is 12.1. The predicted molar refractivity (Wildman–Crippen MR) is 139 cm³/mol. The maximum atomic E-state index is 12.6. The SMILES string of the molecule is CC1SC(c2cccc([N+](=O)[O-])c2)N(NC(=O)CCCCCCCCCCSCCC(=O)O)C1=O. The molecule has 0 bridgehead atoms. The first-order valence-corrected chi connectivity index (χ1v) is 14.2. The number of hydrazine groups is 1. The minimum Gasteiger partial charge on any atom is -0.481 e. The van der Waals surface area contributed by atoms with E-state index in [-0.39, 0.29) is 29.2 Å². The molecule has 0 saturated carbocycles. The Kier molecular flexibility index (Phi) is 13.0. The Morgan fingerprint density at radius 3 is 2.40 bits per heavy atom. The zero-order chi connectivity index (χ0) is 25.6. The van der Waals surface area contributed by atoms with Crippen LogP contribution in [0.5, 0.6) is 0 Å². The number of benzene rings is 1. The van der Waals surface area contributed by atoms with Gasteiger partial charge in [-0.05, 0) is 31.1 Å². The van der Waals surface area contributed by atoms with E-state index < -0.39 is 16.3 Å². The van der Waals surface area contributed by atoms with Crippen LogP contribution >= 0.6 is 23.5 Å². The average Bonchev–Trinajstić information content (AvgIpc) is 3.10. The van der Waals surface area contributed by atoms with Gasteiger partial charge in [-0.3, -0.25) is 29.9 Å². The summed E-state index contributed by atoms with van der Waals surface area (Å²) < 4.78 is 0. The number of nitro groups is 1. The topological polar surface area (TPSA) is 130 Å². The fraction of sp³-hybridized carbons (Fsp3) is 0.625. The lowest BCUT2D eigenvalue weighted by atomic mass is 10.1. The average molecular weight is 526 g/mol. The Bertz CT molecular complexity index is 869. The molecule has 1 aliphatic heterocycles. The predicted octanol–water partition coefficient (Wildman–Crippen LogP) is 5.31. The number of unbranched alkanes of at least 4 members (excludes halogenated alkanes) is 7. The van der Waals surface area contributed by atoms with Crippen molar-refractivity contribution in [2.24, 2.45) is 0 Å². The Balaban J connectivity index is 1.61. The first-order chi connectivity index (χ1) is 16.8. The third-order valence-electron chi connectivity index (χ3n) is 5.67. The second-order valence-corrected chi connectivity index (χ2v) is 11.2. The van der Waals surface area contributed by atoms with Gasteiger partial charge in [0, 0.05) is 24.3 Å². The summed E-state index contributed by atoms with van der Waals surface area (Å²) >= 11 is 3.06. The largest absolute Gasteiger partial charge is 0.481 e. The number of carboxylic acids is 1. The molecular formula is C24H35N3O6S2. The van der Waals surface area contributed by atoms with Crippen LogP contribution in [0.2, 0.25) is 0 Å². The number of carbonyl (C=O) groups is 3. The minimum atomic E-state index is -0.738. The van der Waals surface area contributed by atoms with Gasteiger partial charge in [0.05, 0.1) is 16.6 Å². The normalized spacial score (nSPS) is 17.5. The molecule has 0 spiro atoms. The van der Waals surface area contributed by atoms with E-state index in [1.165, 1.54) is 35.3 Å². The van der Waals surface area contributed by atoms with Crippen molar-refractivity contribution in [3.8, 4) is 0 Å². The lowest BCUT2D eigenvalue weighted by Crippen LogP contribution is -2.45. The van der Waals surface area contributed by atoms with Gasteiger partial charge in [-0.1, -0.05) is 50.7 Å². The van der Waals surface area contributed by atoms with Crippen molar-refractivity contribution in [3.63, 3.8) is 0 Å². The molecule has 0 aliphatic carbocycles. The van der Waals surface area contributed by atoms with E-state index in [1.54, 1.807) is 30.8 Å². The van der Waals surface area contributed by atoms with Gasteiger partial charge >= 0.3 is 5.97 Å². The van der Waals surface area contributed by atoms with Crippen LogP contribution in [-0.2, 0) is 14.4 Å². The summed E-state index contributed by atoms with van der Waals surface area (Å²) in [4.78, 5) is 46.1. The number of rotatable bonds is 17. The van der Waals surface area contributed by atoms with Crippen molar-refractivity contribution in [3.05, 3.63) is 39.9 Å². The van der Waals surface area contributed by atoms with Gasteiger partial charge in [0.15, 0.2) is 0 Å². The summed E-state index contributed by atoms with van der Waals surface area (Å²) in [6, 6.07) is 6.17. The Morgan fingerprint density at radius 2 is 1.74 bits per heavy atom. The lowest BCUT2D eigenvalue weighted by Gasteiger charge is -2.24. The molecule has 1 saturated heterocycles. The second-order valence-electron chi connectivity index (χ2n) is 8.56. The molecule has 1 aromatic carbocycles. The number of carboxylic acid groups (broad SMARTS) is 1. The fourth-order valence-corrected chi connectivity index (χ4v) is 5.89. The Morgan fingerprint density at radius 1 is 1.09 bits per heavy atom. The third kappa shape index (κ3) is 10.5. The van der Waals surface area contributed by atoms with E-state index in [0.717, 1.165) is 50.7 Å². The van der Waals surface area contributed by atoms with E-state index in [1.807, 2.05) is 0 Å². The van der Waals surface area contributed by atoms with Crippen molar-refractivity contribution < 1.29 is 24.4 Å². The Labute approximate surface area is 214 Å². The van der Waals surface area contributed by atoms with Gasteiger partial charge in [-0.25, -0.2) is 5.01 Å². The summed E-state index contributed by atoms with van der Waals surface area (Å²) in [5.74, 6) is 0.533. The zero-order valence-electron chi connectivity index (χ0n) is 20.1. The molecule has 1 heterocycles. The van der Waals surface area contributed by atoms with E-state index in [4.69, 9.17) is 5.11 Å². The number of aliphatic carboxylic acids is 1. The van der Waals surface area contributed by atoms with Crippen molar-refractivity contribution in [2.45, 2.75) is 81.8 Å². The number of non-ortho nitro benzene ring substituents is 1. The highest BCUT2D eigenvalue weighted by Crippen LogP contribution is 2.42. The molecule has 1 aromatic rings. The molecule has 2 rings (SSSR count). The number of amides is 2. The molecule has 2 atom stereocenters. The Hall–Kier alpha value is -2.27. The van der Waals surface area contributed by atoms with Crippen molar-refractivity contribution in [1.82, 2.24) is 10.4 Å². The summed E-state index contributed by atoms with van der Waals surface area (Å²) in [5.41, 5.74) is 3.29. The van der Waals surface area contributed by atoms with E-state index in [9.17, 15) is 24.5 Å². The maximum Gasteiger partial charge on any atom is 0.304 e. The number of nitrogens with one attached hydrogen (secondary N) is 1. The molecule has 1 fully saturated rings. The molecular weight excluding hydrogens is 490 g/mol. The van der Waals surface area contributed by atoms with Crippen LogP contribution in [0.4, 0.5) is 5.69 Å². The molecule has 194 valence electrons. The maximum absolute atomic E-state index is 12.6. The van der Waals surface area contributed by atoms with E-state index >= 15 is 0 Å². The van der Waals surface area contributed by atoms with Gasteiger partial charge in [0.25, 0.3) is 11.6 Å². The monoisotopic (exact) mass is 525 g/mol. The van der Waals surface area contributed by atoms with Gasteiger partial charge in [-0.2, -0.15) is 11.8 Å². The number of thioether (sulfide) groups is 2. The van der Waals surface area contributed by atoms with Crippen LogP contribution in [0.15, 0.2) is 24.3 Å². The number of hydrogen-bond acceptors (Lipinski definition) is 7. The first kappa shape index (κ1) is 29.0. The highest BCUT2D eigenvalue weighted by atomic mass is 32.2. The van der Waals surface area contributed by atoms with Gasteiger partial charge in [0.1, 0.15) is 5.37 Å². The fourth-order valence-electron chi connectivity index (χ4n) is 3.76. The standard InChI is InChI=1S/C24H35N3O6S2/c1-18-23(31)26(24(35-18)19-11-10-12-20(17-19)27(32)33)25-21(28)13-8-6-4-2-3-5-7-9-15-34-16-14-22(29)30/h10-12,17-18,24H,2-9,13-16H2,1H3,(H,25,28)(H,29,30). The summed E-state index contributed by atoms with van der Waals surface area (Å²) in [6.07, 6.45) is 9.06. The quantitative estimate of drug-likeness (QED) is 0.159. The molecule has 0 aromatic heterocycles. The van der Waals surface area contributed by atoms with Crippen LogP contribution in [0, 0.1) is 10.1 Å². The zero-order valence-corrected chi connectivity index (χ0v) is 21.8. The van der Waals surface area contributed by atoms with Crippen LogP contribution < -0.4 is 5.43 Å². The molecule has 2 N–H and O–H groups in total. The number of nitrogens with zero attached hydrogens (tertiary/aromatic N) is 2. The highest BCUT2D eigenvalue weighted by Gasteiger charge is 2.40. The van der Waals surface area contributed by atoms with Gasteiger partial charge in [0.2, 0.25) is 5.91 Å². The van der Waals surface area contributed by atoms with Crippen LogP contribution in [0.1, 0.15) is 82.1 Å². The molecule has 11 heteroatoms. The van der Waals surface area contributed by atoms with E-state index in [0.29, 0.717) is 17.7 Å². The molecule has 2 unspecified atom stereocenters. The van der Waals surface area contributed by atoms with Crippen molar-refractivity contribution >= 4 is 47.0 Å². The van der Waals surface area contributed by atoms with E-state index in [2.05, 4.69) is 5.43 Å². The molecule has 35 heavy (non-hydrogen) atoms. The third-order valence-corrected chi connectivity index (χ3v) is 8.09. The second kappa shape index (κ2) is 15.7. The molecule has 0 radical (unpaired) electrons. The van der Waals surface area contributed by atoms with Crippen LogP contribution in [0.3, 0.4) is 0 Å². The highest BCUT2D eigenvalue weighted by molar-refractivity contribution is 8.01. The summed E-state index contributed by atoms with van der Waals surface area (Å²) in [6.45, 7) is 1.77. The van der Waals surface area contributed by atoms with Crippen molar-refractivity contribution in [2.75, 3.05) is 11.5 Å². The molecule has 1 aliphatic rings. The molecule has 9 nitrogen and oxygen atoms in total. The smallest absolute Gasteiger partial charge is 0.304 e. The summed E-state index contributed by atoms with van der Waals surface area (Å²) in [7, 11) is 0. The minimum absolute atomic E-state index is 0.0454. The van der Waals surface area contributed by atoms with Crippen LogP contribution in [0.25, 0.3) is 0 Å². The van der Waals surface area contributed by atoms with Gasteiger partial charge < -0.3 is 5.11 Å². The van der Waals surface area contributed by atoms with Crippen LogP contribution in [-0.4, -0.2) is 49.6 Å². The van der Waals surface area contributed by atoms with Gasteiger partial charge in [-0.15, -0.1) is 11.8 Å². The molecule has 2 amide bonds.